The van der Waals surface area contributed by atoms with E-state index in [4.69, 9.17) is 0 Å². The molecule has 0 bridgehead atoms. The van der Waals surface area contributed by atoms with Crippen LogP contribution in [0.15, 0.2) is 30.3 Å². The van der Waals surface area contributed by atoms with Gasteiger partial charge in [0.1, 0.15) is 0 Å². The number of halogens is 3. The Hall–Kier alpha value is -1.29. The number of alkyl halides is 3. The standard InChI is InChI=1S/C16H22F3N/c1-12(6-5-11-20-15(2,3)4)13-7-9-14(10-8-13)16(17,18)19/h6-10,20H,5,11H2,1-4H3. The van der Waals surface area contributed by atoms with Crippen LogP contribution in [0, 0.1) is 0 Å². The molecule has 112 valence electrons. The first-order valence-electron chi connectivity index (χ1n) is 6.69. The van der Waals surface area contributed by atoms with Gasteiger partial charge < -0.3 is 5.32 Å². The first kappa shape index (κ1) is 16.8. The summed E-state index contributed by atoms with van der Waals surface area (Å²) in [7, 11) is 0. The fourth-order valence-electron chi connectivity index (χ4n) is 1.78. The van der Waals surface area contributed by atoms with Gasteiger partial charge in [0, 0.05) is 5.54 Å². The van der Waals surface area contributed by atoms with E-state index in [-0.39, 0.29) is 5.54 Å². The molecule has 0 aromatic heterocycles. The van der Waals surface area contributed by atoms with Crippen molar-refractivity contribution in [3.05, 3.63) is 41.5 Å². The quantitative estimate of drug-likeness (QED) is 0.777. The van der Waals surface area contributed by atoms with Crippen LogP contribution in [0.2, 0.25) is 0 Å². The van der Waals surface area contributed by atoms with Gasteiger partial charge in [-0.25, -0.2) is 0 Å². The lowest BCUT2D eigenvalue weighted by Gasteiger charge is -2.19. The second kappa shape index (κ2) is 6.44. The third-order valence-corrected chi connectivity index (χ3v) is 2.92. The lowest BCUT2D eigenvalue weighted by Crippen LogP contribution is -2.36. The Morgan fingerprint density at radius 3 is 2.10 bits per heavy atom. The SMILES string of the molecule is CC(=CCCNC(C)(C)C)c1ccc(C(F)(F)F)cc1. The van der Waals surface area contributed by atoms with Gasteiger partial charge in [0.05, 0.1) is 5.56 Å². The lowest BCUT2D eigenvalue weighted by molar-refractivity contribution is -0.137. The minimum atomic E-state index is -4.27. The van der Waals surface area contributed by atoms with Crippen LogP contribution in [-0.4, -0.2) is 12.1 Å². The lowest BCUT2D eigenvalue weighted by atomic mass is 10.0. The predicted octanol–water partition coefficient (Wildman–Crippen LogP) is 4.89. The molecule has 0 saturated carbocycles. The van der Waals surface area contributed by atoms with Crippen LogP contribution >= 0.6 is 0 Å². The van der Waals surface area contributed by atoms with Gasteiger partial charge in [-0.05, 0) is 63.9 Å². The van der Waals surface area contributed by atoms with Gasteiger partial charge in [-0.1, -0.05) is 18.2 Å². The number of rotatable bonds is 4. The Balaban J connectivity index is 2.61. The number of benzene rings is 1. The molecule has 0 heterocycles. The number of hydrogen-bond acceptors (Lipinski definition) is 1. The molecule has 0 unspecified atom stereocenters. The Morgan fingerprint density at radius 2 is 1.65 bits per heavy atom. The van der Waals surface area contributed by atoms with Crippen molar-refractivity contribution >= 4 is 5.57 Å². The molecule has 20 heavy (non-hydrogen) atoms. The van der Waals surface area contributed by atoms with E-state index in [2.05, 4.69) is 26.1 Å². The van der Waals surface area contributed by atoms with E-state index >= 15 is 0 Å². The smallest absolute Gasteiger partial charge is 0.312 e. The summed E-state index contributed by atoms with van der Waals surface area (Å²) in [4.78, 5) is 0. The van der Waals surface area contributed by atoms with Gasteiger partial charge in [-0.2, -0.15) is 13.2 Å². The van der Waals surface area contributed by atoms with E-state index in [1.54, 1.807) is 0 Å². The third kappa shape index (κ3) is 5.78. The predicted molar refractivity (Wildman–Crippen MR) is 77.5 cm³/mol. The second-order valence-electron chi connectivity index (χ2n) is 5.93. The Morgan fingerprint density at radius 1 is 1.10 bits per heavy atom. The third-order valence-electron chi connectivity index (χ3n) is 2.92. The molecule has 0 fully saturated rings. The summed E-state index contributed by atoms with van der Waals surface area (Å²) in [6.45, 7) is 9.06. The summed E-state index contributed by atoms with van der Waals surface area (Å²) >= 11 is 0. The molecule has 4 heteroatoms. The van der Waals surface area contributed by atoms with Gasteiger partial charge in [0.15, 0.2) is 0 Å². The molecule has 1 nitrogen and oxygen atoms in total. The molecular weight excluding hydrogens is 263 g/mol. The van der Waals surface area contributed by atoms with Crippen molar-refractivity contribution in [1.29, 1.82) is 0 Å². The van der Waals surface area contributed by atoms with E-state index in [1.165, 1.54) is 12.1 Å². The zero-order chi connectivity index (χ0) is 15.4. The van der Waals surface area contributed by atoms with Crippen molar-refractivity contribution in [1.82, 2.24) is 5.32 Å². The number of nitrogens with one attached hydrogen (secondary N) is 1. The molecule has 0 atom stereocenters. The maximum Gasteiger partial charge on any atom is 0.416 e. The largest absolute Gasteiger partial charge is 0.416 e. The first-order valence-corrected chi connectivity index (χ1v) is 6.69. The summed E-state index contributed by atoms with van der Waals surface area (Å²) in [6.07, 6.45) is -1.38. The molecule has 0 aliphatic rings. The van der Waals surface area contributed by atoms with Crippen LogP contribution in [0.4, 0.5) is 13.2 Å². The minimum absolute atomic E-state index is 0.0795. The highest BCUT2D eigenvalue weighted by molar-refractivity contribution is 5.63. The molecule has 1 rings (SSSR count). The topological polar surface area (TPSA) is 12.0 Å². The van der Waals surface area contributed by atoms with Crippen molar-refractivity contribution in [2.24, 2.45) is 0 Å². The van der Waals surface area contributed by atoms with E-state index in [0.717, 1.165) is 36.2 Å². The van der Waals surface area contributed by atoms with E-state index < -0.39 is 11.7 Å². The number of allylic oxidation sites excluding steroid dienone is 1. The fraction of sp³-hybridized carbons (Fsp3) is 0.500. The van der Waals surface area contributed by atoms with Crippen molar-refractivity contribution in [3.63, 3.8) is 0 Å². The summed E-state index contributed by atoms with van der Waals surface area (Å²) in [5.41, 5.74) is 1.29. The van der Waals surface area contributed by atoms with E-state index in [9.17, 15) is 13.2 Å². The van der Waals surface area contributed by atoms with Gasteiger partial charge in [-0.15, -0.1) is 0 Å². The average Bonchev–Trinajstić information content (AvgIpc) is 2.32. The first-order chi connectivity index (χ1) is 9.09. The highest BCUT2D eigenvalue weighted by Crippen LogP contribution is 2.30. The van der Waals surface area contributed by atoms with Gasteiger partial charge in [0.25, 0.3) is 0 Å². The van der Waals surface area contributed by atoms with E-state index in [1.807, 2.05) is 13.0 Å². The molecule has 0 aliphatic carbocycles. The summed E-state index contributed by atoms with van der Waals surface area (Å²) in [6, 6.07) is 5.29. The van der Waals surface area contributed by atoms with Crippen LogP contribution in [-0.2, 0) is 6.18 Å². The van der Waals surface area contributed by atoms with Crippen LogP contribution in [0.25, 0.3) is 5.57 Å². The van der Waals surface area contributed by atoms with Crippen molar-refractivity contribution < 1.29 is 13.2 Å². The highest BCUT2D eigenvalue weighted by atomic mass is 19.4. The van der Waals surface area contributed by atoms with Gasteiger partial charge >= 0.3 is 6.18 Å². The second-order valence-corrected chi connectivity index (χ2v) is 5.93. The Bertz CT molecular complexity index is 450. The molecule has 0 spiro atoms. The molecule has 0 aliphatic heterocycles. The van der Waals surface area contributed by atoms with Gasteiger partial charge in [0.2, 0.25) is 0 Å². The Kier molecular flexibility index (Phi) is 5.40. The van der Waals surface area contributed by atoms with Crippen LogP contribution in [0.1, 0.15) is 45.2 Å². The molecule has 1 aromatic rings. The van der Waals surface area contributed by atoms with Crippen molar-refractivity contribution in [3.8, 4) is 0 Å². The fourth-order valence-corrected chi connectivity index (χ4v) is 1.78. The zero-order valence-corrected chi connectivity index (χ0v) is 12.4. The molecule has 0 amide bonds. The van der Waals surface area contributed by atoms with Crippen LogP contribution in [0.3, 0.4) is 0 Å². The zero-order valence-electron chi connectivity index (χ0n) is 12.4. The maximum atomic E-state index is 12.5. The van der Waals surface area contributed by atoms with Crippen molar-refractivity contribution in [2.75, 3.05) is 6.54 Å². The maximum absolute atomic E-state index is 12.5. The van der Waals surface area contributed by atoms with Crippen LogP contribution in [0.5, 0.6) is 0 Å². The van der Waals surface area contributed by atoms with Gasteiger partial charge in [-0.3, -0.25) is 0 Å². The minimum Gasteiger partial charge on any atom is -0.312 e. The molecule has 1 aromatic carbocycles. The average molecular weight is 285 g/mol. The van der Waals surface area contributed by atoms with Crippen molar-refractivity contribution in [2.45, 2.75) is 45.8 Å². The monoisotopic (exact) mass is 285 g/mol. The normalized spacial score (nSPS) is 13.7. The molecule has 0 radical (unpaired) electrons. The molecule has 1 N–H and O–H groups in total. The van der Waals surface area contributed by atoms with E-state index in [0.29, 0.717) is 0 Å². The summed E-state index contributed by atoms with van der Waals surface area (Å²) in [5.74, 6) is 0. The number of hydrogen-bond donors (Lipinski definition) is 1. The summed E-state index contributed by atoms with van der Waals surface area (Å²) < 4.78 is 37.4. The summed E-state index contributed by atoms with van der Waals surface area (Å²) in [5, 5.41) is 3.36. The highest BCUT2D eigenvalue weighted by Gasteiger charge is 2.29. The Labute approximate surface area is 118 Å². The molecule has 0 saturated heterocycles. The van der Waals surface area contributed by atoms with Crippen LogP contribution < -0.4 is 5.32 Å². The molecular formula is C16H22F3N.